The Bertz CT molecular complexity index is 335. The van der Waals surface area contributed by atoms with E-state index in [1.165, 1.54) is 6.20 Å². The molecule has 14 heavy (non-hydrogen) atoms. The lowest BCUT2D eigenvalue weighted by Crippen LogP contribution is -2.15. The lowest BCUT2D eigenvalue weighted by molar-refractivity contribution is -0.136. The quantitative estimate of drug-likeness (QED) is 0.489. The van der Waals surface area contributed by atoms with E-state index in [-0.39, 0.29) is 0 Å². The summed E-state index contributed by atoms with van der Waals surface area (Å²) in [6.07, 6.45) is 2.03. The first-order valence-corrected chi connectivity index (χ1v) is 5.27. The van der Waals surface area contributed by atoms with Gasteiger partial charge in [-0.25, -0.2) is 9.97 Å². The van der Waals surface area contributed by atoms with Crippen LogP contribution in [0.5, 0.6) is 0 Å². The number of thioether (sulfide) groups is 1. The minimum absolute atomic E-state index is 0.322. The van der Waals surface area contributed by atoms with Gasteiger partial charge < -0.3 is 5.11 Å². The van der Waals surface area contributed by atoms with Gasteiger partial charge in [-0.1, -0.05) is 30.3 Å². The van der Waals surface area contributed by atoms with Crippen LogP contribution < -0.4 is 0 Å². The molecule has 6 heteroatoms. The molecule has 0 aromatic carbocycles. The third kappa shape index (κ3) is 3.16. The molecule has 1 N–H and O–H groups in total. The van der Waals surface area contributed by atoms with E-state index in [9.17, 15) is 4.79 Å². The Morgan fingerprint density at radius 1 is 1.79 bits per heavy atom. The minimum atomic E-state index is -0.860. The van der Waals surface area contributed by atoms with Crippen molar-refractivity contribution < 1.29 is 9.90 Å². The van der Waals surface area contributed by atoms with Crippen molar-refractivity contribution in [2.45, 2.75) is 23.8 Å². The van der Waals surface area contributed by atoms with Gasteiger partial charge in [0.15, 0.2) is 5.16 Å². The summed E-state index contributed by atoms with van der Waals surface area (Å²) in [4.78, 5) is 18.5. The topological polar surface area (TPSA) is 63.1 Å². The van der Waals surface area contributed by atoms with Gasteiger partial charge in [0.25, 0.3) is 0 Å². The largest absolute Gasteiger partial charge is 0.480 e. The summed E-state index contributed by atoms with van der Waals surface area (Å²) in [6, 6.07) is 1.55. The Morgan fingerprint density at radius 3 is 3.00 bits per heavy atom. The third-order valence-electron chi connectivity index (χ3n) is 1.49. The highest BCUT2D eigenvalue weighted by Crippen LogP contribution is 2.22. The maximum atomic E-state index is 10.7. The van der Waals surface area contributed by atoms with E-state index in [0.29, 0.717) is 16.7 Å². The van der Waals surface area contributed by atoms with Crippen LogP contribution in [0.3, 0.4) is 0 Å². The van der Waals surface area contributed by atoms with Gasteiger partial charge in [0, 0.05) is 6.20 Å². The standard InChI is InChI=1S/C8H9ClN2O2S/c1-2-5(7(12)13)14-8-10-4-3-6(9)11-8/h3-5H,2H2,1H3,(H,12,13). The SMILES string of the molecule is CCC(Sc1nccc(Cl)n1)C(=O)O. The third-order valence-corrected chi connectivity index (χ3v) is 2.93. The molecule has 0 aliphatic carbocycles. The van der Waals surface area contributed by atoms with Gasteiger partial charge in [0.2, 0.25) is 0 Å². The minimum Gasteiger partial charge on any atom is -0.480 e. The normalized spacial score (nSPS) is 12.4. The smallest absolute Gasteiger partial charge is 0.317 e. The summed E-state index contributed by atoms with van der Waals surface area (Å²) in [5.41, 5.74) is 0. The van der Waals surface area contributed by atoms with Gasteiger partial charge in [0.05, 0.1) is 0 Å². The fraction of sp³-hybridized carbons (Fsp3) is 0.375. The molecule has 0 radical (unpaired) electrons. The molecular formula is C8H9ClN2O2S. The summed E-state index contributed by atoms with van der Waals surface area (Å²) in [5, 5.41) is 8.99. The molecule has 0 saturated carbocycles. The number of hydrogen-bond acceptors (Lipinski definition) is 4. The Hall–Kier alpha value is -0.810. The summed E-state index contributed by atoms with van der Waals surface area (Å²) in [7, 11) is 0. The fourth-order valence-corrected chi connectivity index (χ4v) is 1.79. The Kier molecular flexibility index (Phi) is 4.16. The van der Waals surface area contributed by atoms with E-state index in [1.54, 1.807) is 13.0 Å². The van der Waals surface area contributed by atoms with Crippen molar-refractivity contribution in [2.24, 2.45) is 0 Å². The maximum absolute atomic E-state index is 10.7. The number of aliphatic carboxylic acids is 1. The number of nitrogens with zero attached hydrogens (tertiary/aromatic N) is 2. The van der Waals surface area contributed by atoms with Crippen LogP contribution >= 0.6 is 23.4 Å². The molecule has 1 rings (SSSR count). The van der Waals surface area contributed by atoms with Crippen molar-refractivity contribution >= 4 is 29.3 Å². The van der Waals surface area contributed by atoms with E-state index in [4.69, 9.17) is 16.7 Å². The molecule has 0 saturated heterocycles. The molecule has 1 aromatic rings. The van der Waals surface area contributed by atoms with E-state index in [2.05, 4.69) is 9.97 Å². The van der Waals surface area contributed by atoms with Crippen LogP contribution in [0.4, 0.5) is 0 Å². The number of rotatable bonds is 4. The number of hydrogen-bond donors (Lipinski definition) is 1. The van der Waals surface area contributed by atoms with E-state index >= 15 is 0 Å². The number of carbonyl (C=O) groups is 1. The van der Waals surface area contributed by atoms with Crippen molar-refractivity contribution in [1.29, 1.82) is 0 Å². The van der Waals surface area contributed by atoms with Crippen molar-refractivity contribution in [1.82, 2.24) is 9.97 Å². The average molecular weight is 233 g/mol. The number of carboxylic acids is 1. The molecule has 0 aliphatic rings. The molecule has 0 fully saturated rings. The van der Waals surface area contributed by atoms with Crippen LogP contribution in [0.25, 0.3) is 0 Å². The first-order valence-electron chi connectivity index (χ1n) is 4.01. The van der Waals surface area contributed by atoms with Crippen molar-refractivity contribution in [2.75, 3.05) is 0 Å². The summed E-state index contributed by atoms with van der Waals surface area (Å²) < 4.78 is 0. The van der Waals surface area contributed by atoms with Crippen LogP contribution in [0.2, 0.25) is 5.15 Å². The van der Waals surface area contributed by atoms with Gasteiger partial charge >= 0.3 is 5.97 Å². The zero-order valence-electron chi connectivity index (χ0n) is 7.48. The molecule has 1 atom stereocenters. The molecule has 0 bridgehead atoms. The Morgan fingerprint density at radius 2 is 2.50 bits per heavy atom. The molecular weight excluding hydrogens is 224 g/mol. The molecule has 1 unspecified atom stereocenters. The van der Waals surface area contributed by atoms with Crippen LogP contribution in [-0.2, 0) is 4.79 Å². The zero-order valence-corrected chi connectivity index (χ0v) is 9.05. The summed E-state index contributed by atoms with van der Waals surface area (Å²) in [5.74, 6) is -0.860. The lowest BCUT2D eigenvalue weighted by atomic mass is 10.3. The van der Waals surface area contributed by atoms with Gasteiger partial charge in [-0.15, -0.1) is 0 Å². The van der Waals surface area contributed by atoms with Crippen molar-refractivity contribution in [3.8, 4) is 0 Å². The number of carboxylic acid groups (broad SMARTS) is 1. The highest BCUT2D eigenvalue weighted by Gasteiger charge is 2.17. The lowest BCUT2D eigenvalue weighted by Gasteiger charge is -2.06. The molecule has 0 aliphatic heterocycles. The van der Waals surface area contributed by atoms with Crippen LogP contribution in [0, 0.1) is 0 Å². The van der Waals surface area contributed by atoms with Crippen LogP contribution in [0.15, 0.2) is 17.4 Å². The van der Waals surface area contributed by atoms with Crippen LogP contribution in [0.1, 0.15) is 13.3 Å². The van der Waals surface area contributed by atoms with E-state index in [0.717, 1.165) is 11.8 Å². The molecule has 1 aromatic heterocycles. The van der Waals surface area contributed by atoms with Gasteiger partial charge in [-0.2, -0.15) is 0 Å². The van der Waals surface area contributed by atoms with E-state index in [1.807, 2.05) is 0 Å². The summed E-state index contributed by atoms with van der Waals surface area (Å²) in [6.45, 7) is 1.80. The second-order valence-electron chi connectivity index (χ2n) is 2.51. The maximum Gasteiger partial charge on any atom is 0.317 e. The van der Waals surface area contributed by atoms with Gasteiger partial charge in [-0.3, -0.25) is 4.79 Å². The highest BCUT2D eigenvalue weighted by atomic mass is 35.5. The predicted octanol–water partition coefficient (Wildman–Crippen LogP) is 2.09. The van der Waals surface area contributed by atoms with E-state index < -0.39 is 11.2 Å². The molecule has 4 nitrogen and oxygen atoms in total. The molecule has 0 amide bonds. The number of halogens is 1. The van der Waals surface area contributed by atoms with Crippen molar-refractivity contribution in [3.05, 3.63) is 17.4 Å². The van der Waals surface area contributed by atoms with Gasteiger partial charge in [-0.05, 0) is 12.5 Å². The highest BCUT2D eigenvalue weighted by molar-refractivity contribution is 8.00. The second kappa shape index (κ2) is 5.17. The Balaban J connectivity index is 2.72. The molecule has 1 heterocycles. The predicted molar refractivity (Wildman–Crippen MR) is 54.6 cm³/mol. The van der Waals surface area contributed by atoms with Crippen molar-refractivity contribution in [3.63, 3.8) is 0 Å². The monoisotopic (exact) mass is 232 g/mol. The molecule has 0 spiro atoms. The average Bonchev–Trinajstić information content (AvgIpc) is 2.14. The number of aromatic nitrogens is 2. The second-order valence-corrected chi connectivity index (χ2v) is 4.07. The first-order chi connectivity index (χ1) is 6.63. The summed E-state index contributed by atoms with van der Waals surface area (Å²) >= 11 is 6.74. The van der Waals surface area contributed by atoms with Gasteiger partial charge in [0.1, 0.15) is 10.4 Å². The molecule has 76 valence electrons. The van der Waals surface area contributed by atoms with Crippen LogP contribution in [-0.4, -0.2) is 26.3 Å². The Labute approximate surface area is 90.7 Å². The first kappa shape index (κ1) is 11.3. The zero-order chi connectivity index (χ0) is 10.6. The fourth-order valence-electron chi connectivity index (χ4n) is 0.812.